The molecule has 0 aliphatic carbocycles. The number of alkyl halides is 3. The molecule has 0 aromatic carbocycles. The number of nitrogens with two attached hydrogens (primary N) is 1. The smallest absolute Gasteiger partial charge is 0.373 e. The minimum Gasteiger partial charge on any atom is -0.373 e. The molecule has 2 rings (SSSR count). The summed E-state index contributed by atoms with van der Waals surface area (Å²) >= 11 is 0. The van der Waals surface area contributed by atoms with Crippen molar-refractivity contribution >= 4 is 5.91 Å². The largest absolute Gasteiger partial charge is 0.408 e. The number of aromatic nitrogens is 3. The molecule has 0 radical (unpaired) electrons. The monoisotopic (exact) mass is 349 g/mol. The number of carbonyl (C=O) groups is 1. The van der Waals surface area contributed by atoms with Gasteiger partial charge in [-0.15, -0.1) is 0 Å². The molecule has 2 heterocycles. The van der Waals surface area contributed by atoms with Gasteiger partial charge in [-0.1, -0.05) is 0 Å². The molecule has 0 saturated carbocycles. The lowest BCUT2D eigenvalue weighted by atomic mass is 10.1. The molecule has 1 fully saturated rings. The van der Waals surface area contributed by atoms with Crippen LogP contribution < -0.4 is 5.73 Å². The Bertz CT molecular complexity index is 579. The molecule has 0 bridgehead atoms. The van der Waals surface area contributed by atoms with Gasteiger partial charge < -0.3 is 10.5 Å². The number of nitrogens with zero attached hydrogens (tertiary/aromatic N) is 4. The molecule has 0 spiro atoms. The van der Waals surface area contributed by atoms with Crippen LogP contribution in [0.3, 0.4) is 0 Å². The standard InChI is InChI=1S/C14H22F3N5O2/c1-8-5-21(6-9(2)24-8)10(3)13-19-12(4-11(18)23)20-22(13)7-14(15,16)17/h8-10H,4-7H2,1-3H3,(H2,18,23)/t8-,9+,10?. The molecule has 3 atom stereocenters. The van der Waals surface area contributed by atoms with E-state index >= 15 is 0 Å². The molecule has 7 nitrogen and oxygen atoms in total. The molecule has 1 amide bonds. The molecule has 1 aromatic rings. The van der Waals surface area contributed by atoms with Crippen LogP contribution in [0, 0.1) is 0 Å². The van der Waals surface area contributed by atoms with E-state index in [1.165, 1.54) is 0 Å². The van der Waals surface area contributed by atoms with Gasteiger partial charge in [0.2, 0.25) is 5.91 Å². The van der Waals surface area contributed by atoms with Crippen LogP contribution in [0.15, 0.2) is 0 Å². The maximum atomic E-state index is 12.8. The number of hydrogen-bond acceptors (Lipinski definition) is 5. The van der Waals surface area contributed by atoms with E-state index < -0.39 is 24.7 Å². The Kier molecular flexibility index (Phi) is 5.49. The Hall–Kier alpha value is -1.68. The molecule has 1 aromatic heterocycles. The zero-order valence-electron chi connectivity index (χ0n) is 13.9. The van der Waals surface area contributed by atoms with Gasteiger partial charge in [-0.3, -0.25) is 9.69 Å². The fraction of sp³-hybridized carbons (Fsp3) is 0.786. The lowest BCUT2D eigenvalue weighted by Crippen LogP contribution is -2.47. The third-order valence-electron chi connectivity index (χ3n) is 3.77. The zero-order valence-corrected chi connectivity index (χ0v) is 13.9. The summed E-state index contributed by atoms with van der Waals surface area (Å²) in [5.41, 5.74) is 5.09. The third-order valence-corrected chi connectivity index (χ3v) is 3.77. The fourth-order valence-corrected chi connectivity index (χ4v) is 2.93. The predicted octanol–water partition coefficient (Wildman–Crippen LogP) is 1.04. The Morgan fingerprint density at radius 3 is 2.46 bits per heavy atom. The van der Waals surface area contributed by atoms with E-state index in [-0.39, 0.29) is 30.3 Å². The number of halogens is 3. The molecular weight excluding hydrogens is 327 g/mol. The van der Waals surface area contributed by atoms with Crippen molar-refractivity contribution in [1.29, 1.82) is 0 Å². The second-order valence-corrected chi connectivity index (χ2v) is 6.19. The lowest BCUT2D eigenvalue weighted by molar-refractivity contribution is -0.144. The number of rotatable bonds is 5. The number of hydrogen-bond donors (Lipinski definition) is 1. The highest BCUT2D eigenvalue weighted by Gasteiger charge is 2.34. The van der Waals surface area contributed by atoms with Crippen molar-refractivity contribution in [3.05, 3.63) is 11.6 Å². The first-order chi connectivity index (χ1) is 11.0. The van der Waals surface area contributed by atoms with Crippen molar-refractivity contribution in [3.63, 3.8) is 0 Å². The Balaban J connectivity index is 2.28. The van der Waals surface area contributed by atoms with Crippen LogP contribution in [0.2, 0.25) is 0 Å². The summed E-state index contributed by atoms with van der Waals surface area (Å²) < 4.78 is 44.9. The molecule has 136 valence electrons. The van der Waals surface area contributed by atoms with E-state index in [0.717, 1.165) is 4.68 Å². The molecule has 1 unspecified atom stereocenters. The van der Waals surface area contributed by atoms with Gasteiger partial charge >= 0.3 is 6.18 Å². The third kappa shape index (κ3) is 4.91. The highest BCUT2D eigenvalue weighted by Crippen LogP contribution is 2.26. The van der Waals surface area contributed by atoms with Crippen LogP contribution in [0.4, 0.5) is 13.2 Å². The van der Waals surface area contributed by atoms with E-state index in [0.29, 0.717) is 13.1 Å². The Labute approximate surface area is 138 Å². The van der Waals surface area contributed by atoms with E-state index in [1.807, 2.05) is 18.7 Å². The number of primary amides is 1. The van der Waals surface area contributed by atoms with Crippen molar-refractivity contribution in [2.24, 2.45) is 5.73 Å². The molecule has 1 aliphatic rings. The fourth-order valence-electron chi connectivity index (χ4n) is 2.93. The summed E-state index contributed by atoms with van der Waals surface area (Å²) in [7, 11) is 0. The summed E-state index contributed by atoms with van der Waals surface area (Å²) in [6.07, 6.45) is -4.78. The van der Waals surface area contributed by atoms with Gasteiger partial charge in [0.15, 0.2) is 5.82 Å². The molecule has 1 aliphatic heterocycles. The summed E-state index contributed by atoms with van der Waals surface area (Å²) in [4.78, 5) is 17.1. The van der Waals surface area contributed by atoms with Crippen molar-refractivity contribution in [2.45, 2.75) is 58.2 Å². The summed E-state index contributed by atoms with van der Waals surface area (Å²) in [5.74, 6) is -0.514. The Morgan fingerprint density at radius 1 is 1.38 bits per heavy atom. The SMILES string of the molecule is CC(c1nc(CC(N)=O)nn1CC(F)(F)F)N1C[C@@H](C)O[C@@H](C)C1. The molecule has 1 saturated heterocycles. The highest BCUT2D eigenvalue weighted by atomic mass is 19.4. The van der Waals surface area contributed by atoms with Crippen molar-refractivity contribution in [3.8, 4) is 0 Å². The van der Waals surface area contributed by atoms with Gasteiger partial charge in [0.1, 0.15) is 12.4 Å². The van der Waals surface area contributed by atoms with E-state index in [2.05, 4.69) is 10.1 Å². The first-order valence-corrected chi connectivity index (χ1v) is 7.73. The topological polar surface area (TPSA) is 86.3 Å². The lowest BCUT2D eigenvalue weighted by Gasteiger charge is -2.38. The number of amides is 1. The van der Waals surface area contributed by atoms with E-state index in [4.69, 9.17) is 10.5 Å². The first kappa shape index (κ1) is 18.7. The summed E-state index contributed by atoms with van der Waals surface area (Å²) in [6, 6.07) is -0.393. The van der Waals surface area contributed by atoms with Crippen molar-refractivity contribution in [2.75, 3.05) is 13.1 Å². The summed E-state index contributed by atoms with van der Waals surface area (Å²) in [5, 5.41) is 3.82. The zero-order chi connectivity index (χ0) is 18.1. The second kappa shape index (κ2) is 7.06. The van der Waals surface area contributed by atoms with Gasteiger partial charge in [-0.05, 0) is 20.8 Å². The van der Waals surface area contributed by atoms with E-state index in [9.17, 15) is 18.0 Å². The quantitative estimate of drug-likeness (QED) is 0.858. The maximum Gasteiger partial charge on any atom is 0.408 e. The van der Waals surface area contributed by atoms with Gasteiger partial charge in [0.25, 0.3) is 0 Å². The van der Waals surface area contributed by atoms with E-state index in [1.54, 1.807) is 6.92 Å². The van der Waals surface area contributed by atoms with Crippen LogP contribution in [0.5, 0.6) is 0 Å². The first-order valence-electron chi connectivity index (χ1n) is 7.73. The van der Waals surface area contributed by atoms with Crippen molar-refractivity contribution in [1.82, 2.24) is 19.7 Å². The average molecular weight is 349 g/mol. The average Bonchev–Trinajstić information content (AvgIpc) is 2.76. The molecule has 24 heavy (non-hydrogen) atoms. The van der Waals surface area contributed by atoms with Crippen LogP contribution in [0.25, 0.3) is 0 Å². The maximum absolute atomic E-state index is 12.8. The normalized spacial score (nSPS) is 24.1. The Morgan fingerprint density at radius 2 is 1.96 bits per heavy atom. The van der Waals surface area contributed by atoms with Crippen LogP contribution in [-0.4, -0.2) is 57.0 Å². The number of carbonyl (C=O) groups excluding carboxylic acids is 1. The predicted molar refractivity (Wildman–Crippen MR) is 79.0 cm³/mol. The number of ether oxygens (including phenoxy) is 1. The minimum atomic E-state index is -4.43. The minimum absolute atomic E-state index is 0.00274. The van der Waals surface area contributed by atoms with Gasteiger partial charge in [0, 0.05) is 13.1 Å². The van der Waals surface area contributed by atoms with Gasteiger partial charge in [0.05, 0.1) is 24.7 Å². The van der Waals surface area contributed by atoms with Gasteiger partial charge in [-0.2, -0.15) is 18.3 Å². The second-order valence-electron chi connectivity index (χ2n) is 6.19. The molecular formula is C14H22F3N5O2. The molecule has 10 heteroatoms. The van der Waals surface area contributed by atoms with Crippen LogP contribution in [0.1, 0.15) is 38.5 Å². The van der Waals surface area contributed by atoms with Crippen molar-refractivity contribution < 1.29 is 22.7 Å². The number of morpholine rings is 1. The highest BCUT2D eigenvalue weighted by molar-refractivity contribution is 5.75. The van der Waals surface area contributed by atoms with Crippen LogP contribution >= 0.6 is 0 Å². The molecule has 2 N–H and O–H groups in total. The summed E-state index contributed by atoms with van der Waals surface area (Å²) in [6.45, 7) is 5.50. The van der Waals surface area contributed by atoms with Gasteiger partial charge in [-0.25, -0.2) is 9.67 Å². The van der Waals surface area contributed by atoms with Crippen LogP contribution in [-0.2, 0) is 22.5 Å².